The van der Waals surface area contributed by atoms with E-state index in [0.29, 0.717) is 5.88 Å². The Kier molecular flexibility index (Phi) is 4.23. The van der Waals surface area contributed by atoms with E-state index in [2.05, 4.69) is 37.2 Å². The molecule has 1 aromatic carbocycles. The summed E-state index contributed by atoms with van der Waals surface area (Å²) in [5.74, 6) is 1.41. The Hall–Kier alpha value is -0.670. The van der Waals surface area contributed by atoms with E-state index in [1.807, 2.05) is 6.92 Å². The van der Waals surface area contributed by atoms with Crippen molar-refractivity contribution in [1.29, 1.82) is 0 Å². The van der Waals surface area contributed by atoms with Crippen LogP contribution in [-0.2, 0) is 10.6 Å². The molecule has 0 spiro atoms. The average molecular weight is 284 g/mol. The van der Waals surface area contributed by atoms with Gasteiger partial charge in [0, 0.05) is 12.2 Å². The van der Waals surface area contributed by atoms with E-state index in [1.165, 1.54) is 16.7 Å². The third kappa shape index (κ3) is 3.21. The maximum Gasteiger partial charge on any atom is 0.154 e. The molecular weight excluding hydrogens is 266 g/mol. The topological polar surface area (TPSA) is 21.6 Å². The third-order valence-corrected chi connectivity index (χ3v) is 4.64. The molecule has 0 fully saturated rings. The van der Waals surface area contributed by atoms with E-state index in [-0.39, 0.29) is 5.60 Å². The van der Waals surface area contributed by atoms with E-state index in [9.17, 15) is 0 Å². The number of halogens is 1. The highest BCUT2D eigenvalue weighted by Gasteiger charge is 2.33. The molecule has 98 valence electrons. The lowest BCUT2D eigenvalue weighted by atomic mass is 10.1. The van der Waals surface area contributed by atoms with Gasteiger partial charge in [0.2, 0.25) is 0 Å². The molecule has 18 heavy (non-hydrogen) atoms. The van der Waals surface area contributed by atoms with E-state index in [4.69, 9.17) is 16.4 Å². The van der Waals surface area contributed by atoms with Gasteiger partial charge < -0.3 is 4.84 Å². The van der Waals surface area contributed by atoms with Crippen LogP contribution in [0, 0.1) is 13.8 Å². The molecule has 1 atom stereocenters. The molecule has 0 amide bonds. The molecule has 2 nitrogen and oxygen atoms in total. The number of hydrogen-bond donors (Lipinski definition) is 0. The molecule has 1 aliphatic rings. The van der Waals surface area contributed by atoms with Crippen LogP contribution in [0.15, 0.2) is 23.4 Å². The monoisotopic (exact) mass is 283 g/mol. The summed E-state index contributed by atoms with van der Waals surface area (Å²) < 4.78 is 0. The first-order valence-corrected chi connectivity index (χ1v) is 7.54. The number of oxime groups is 1. The van der Waals surface area contributed by atoms with Gasteiger partial charge in [0.25, 0.3) is 0 Å². The fourth-order valence-electron chi connectivity index (χ4n) is 1.86. The van der Waals surface area contributed by atoms with Crippen molar-refractivity contribution in [3.05, 3.63) is 34.9 Å². The van der Waals surface area contributed by atoms with Gasteiger partial charge in [-0.15, -0.1) is 23.4 Å². The summed E-state index contributed by atoms with van der Waals surface area (Å²) in [6, 6.07) is 6.55. The maximum atomic E-state index is 5.87. The summed E-state index contributed by atoms with van der Waals surface area (Å²) in [7, 11) is 0. The van der Waals surface area contributed by atoms with Crippen LogP contribution in [0.5, 0.6) is 0 Å². The largest absolute Gasteiger partial charge is 0.387 e. The van der Waals surface area contributed by atoms with Crippen LogP contribution >= 0.6 is 23.4 Å². The minimum Gasteiger partial charge on any atom is -0.387 e. The normalized spacial score (nSPS) is 22.8. The van der Waals surface area contributed by atoms with E-state index in [1.54, 1.807) is 11.8 Å². The quantitative estimate of drug-likeness (QED) is 0.773. The Balaban J connectivity index is 1.93. The van der Waals surface area contributed by atoms with Gasteiger partial charge in [0.05, 0.1) is 5.88 Å². The minimum atomic E-state index is -0.313. The Bertz CT molecular complexity index is 475. The predicted molar refractivity (Wildman–Crippen MR) is 79.5 cm³/mol. The van der Waals surface area contributed by atoms with E-state index >= 15 is 0 Å². The summed E-state index contributed by atoms with van der Waals surface area (Å²) in [4.78, 5) is 5.38. The summed E-state index contributed by atoms with van der Waals surface area (Å²) in [6.45, 7) is 6.26. The number of aryl methyl sites for hydroxylation is 2. The van der Waals surface area contributed by atoms with E-state index in [0.717, 1.165) is 17.2 Å². The fourth-order valence-corrected chi connectivity index (χ4v) is 3.15. The lowest BCUT2D eigenvalue weighted by Crippen LogP contribution is -2.26. The van der Waals surface area contributed by atoms with Crippen molar-refractivity contribution in [2.24, 2.45) is 5.16 Å². The molecule has 0 saturated carbocycles. The molecular formula is C14H18ClNOS. The Labute approximate surface area is 118 Å². The second kappa shape index (κ2) is 5.54. The van der Waals surface area contributed by atoms with Gasteiger partial charge in [0.1, 0.15) is 5.04 Å². The lowest BCUT2D eigenvalue weighted by molar-refractivity contribution is 0.0152. The summed E-state index contributed by atoms with van der Waals surface area (Å²) in [5.41, 5.74) is 3.68. The van der Waals surface area contributed by atoms with Gasteiger partial charge in [-0.2, -0.15) is 0 Å². The molecule has 1 aliphatic heterocycles. The van der Waals surface area contributed by atoms with Crippen molar-refractivity contribution < 1.29 is 4.84 Å². The minimum absolute atomic E-state index is 0.313. The summed E-state index contributed by atoms with van der Waals surface area (Å²) >= 11 is 7.61. The summed E-state index contributed by atoms with van der Waals surface area (Å²) in [6.07, 6.45) is 0.812. The van der Waals surface area contributed by atoms with Crippen molar-refractivity contribution in [3.8, 4) is 0 Å². The number of benzene rings is 1. The zero-order chi connectivity index (χ0) is 13.2. The van der Waals surface area contributed by atoms with Crippen molar-refractivity contribution in [1.82, 2.24) is 0 Å². The molecule has 0 aliphatic carbocycles. The molecule has 0 N–H and O–H groups in total. The maximum absolute atomic E-state index is 5.87. The zero-order valence-electron chi connectivity index (χ0n) is 11.0. The first-order chi connectivity index (χ1) is 8.52. The number of hydrogen-bond acceptors (Lipinski definition) is 3. The van der Waals surface area contributed by atoms with Crippen LogP contribution in [0.25, 0.3) is 0 Å². The number of rotatable bonds is 3. The van der Waals surface area contributed by atoms with Gasteiger partial charge in [-0.3, -0.25) is 0 Å². The Morgan fingerprint density at radius 1 is 1.44 bits per heavy atom. The van der Waals surface area contributed by atoms with Crippen molar-refractivity contribution >= 4 is 28.4 Å². The first kappa shape index (κ1) is 13.8. The van der Waals surface area contributed by atoms with Crippen LogP contribution < -0.4 is 0 Å². The Morgan fingerprint density at radius 2 is 2.22 bits per heavy atom. The van der Waals surface area contributed by atoms with Crippen LogP contribution in [0.1, 0.15) is 30.0 Å². The summed E-state index contributed by atoms with van der Waals surface area (Å²) in [5, 5.41) is 5.16. The van der Waals surface area contributed by atoms with E-state index < -0.39 is 0 Å². The second-order valence-corrected chi connectivity index (χ2v) is 6.37. The van der Waals surface area contributed by atoms with Crippen molar-refractivity contribution in [3.63, 3.8) is 0 Å². The van der Waals surface area contributed by atoms with Gasteiger partial charge >= 0.3 is 0 Å². The van der Waals surface area contributed by atoms with Crippen molar-refractivity contribution in [2.75, 3.05) is 5.88 Å². The first-order valence-electron chi connectivity index (χ1n) is 6.02. The van der Waals surface area contributed by atoms with Gasteiger partial charge in [-0.05, 0) is 31.9 Å². The van der Waals surface area contributed by atoms with Gasteiger partial charge in [-0.1, -0.05) is 28.9 Å². The van der Waals surface area contributed by atoms with Crippen molar-refractivity contribution in [2.45, 2.75) is 38.5 Å². The molecule has 1 unspecified atom stereocenters. The molecule has 1 aromatic rings. The van der Waals surface area contributed by atoms with Crippen LogP contribution in [0.3, 0.4) is 0 Å². The number of thioether (sulfide) groups is 1. The fraction of sp³-hybridized carbons (Fsp3) is 0.500. The Morgan fingerprint density at radius 3 is 2.83 bits per heavy atom. The standard InChI is InChI=1S/C14H18ClNOS/c1-10-4-5-12(11(2)6-10)8-18-13-7-14(3,9-15)17-16-13/h4-6H,7-9H2,1-3H3. The molecule has 1 heterocycles. The highest BCUT2D eigenvalue weighted by Crippen LogP contribution is 2.31. The van der Waals surface area contributed by atoms with Gasteiger partial charge in [0.15, 0.2) is 5.60 Å². The molecule has 0 aromatic heterocycles. The second-order valence-electron chi connectivity index (χ2n) is 5.06. The third-order valence-electron chi connectivity index (χ3n) is 3.07. The number of nitrogens with zero attached hydrogens (tertiary/aromatic N) is 1. The zero-order valence-corrected chi connectivity index (χ0v) is 12.6. The lowest BCUT2D eigenvalue weighted by Gasteiger charge is -2.16. The van der Waals surface area contributed by atoms with Crippen LogP contribution in [-0.4, -0.2) is 16.5 Å². The number of alkyl halides is 1. The molecule has 0 radical (unpaired) electrons. The molecule has 0 saturated heterocycles. The van der Waals surface area contributed by atoms with Crippen LogP contribution in [0.4, 0.5) is 0 Å². The highest BCUT2D eigenvalue weighted by atomic mass is 35.5. The predicted octanol–water partition coefficient (Wildman–Crippen LogP) is 4.27. The van der Waals surface area contributed by atoms with Gasteiger partial charge in [-0.25, -0.2) is 0 Å². The van der Waals surface area contributed by atoms with Crippen LogP contribution in [0.2, 0.25) is 0 Å². The highest BCUT2D eigenvalue weighted by molar-refractivity contribution is 8.13. The molecule has 2 rings (SSSR count). The average Bonchev–Trinajstić information content (AvgIpc) is 2.71. The SMILES string of the molecule is Cc1ccc(CSC2=NOC(C)(CCl)C2)c(C)c1. The smallest absolute Gasteiger partial charge is 0.154 e. The molecule has 0 bridgehead atoms. The molecule has 4 heteroatoms.